The zero-order valence-corrected chi connectivity index (χ0v) is 15.9. The summed E-state index contributed by atoms with van der Waals surface area (Å²) < 4.78 is 37.9. The number of halogens is 5. The average Bonchev–Trinajstić information content (AvgIpc) is 2.56. The van der Waals surface area contributed by atoms with Gasteiger partial charge < -0.3 is 10.4 Å². The Morgan fingerprint density at radius 1 is 1.07 bits per heavy atom. The van der Waals surface area contributed by atoms with Crippen LogP contribution in [0.2, 0.25) is 10.0 Å². The maximum atomic E-state index is 12.6. The number of hydrogen-bond acceptors (Lipinski definition) is 2. The number of aliphatic carboxylic acids is 1. The van der Waals surface area contributed by atoms with Gasteiger partial charge in [-0.2, -0.15) is 13.2 Å². The highest BCUT2D eigenvalue weighted by molar-refractivity contribution is 6.35. The Morgan fingerprint density at radius 3 is 2.25 bits per heavy atom. The van der Waals surface area contributed by atoms with Crippen LogP contribution in [0.25, 0.3) is 0 Å². The Morgan fingerprint density at radius 2 is 1.71 bits per heavy atom. The molecule has 150 valence electrons. The monoisotopic (exact) mass is 433 g/mol. The van der Waals surface area contributed by atoms with E-state index in [4.69, 9.17) is 28.3 Å². The van der Waals surface area contributed by atoms with Crippen LogP contribution in [-0.2, 0) is 28.6 Å². The number of benzene rings is 2. The first kappa shape index (κ1) is 22.0. The van der Waals surface area contributed by atoms with Gasteiger partial charge in [-0.05, 0) is 41.8 Å². The quantitative estimate of drug-likeness (QED) is 0.661. The van der Waals surface area contributed by atoms with Crippen LogP contribution in [0.4, 0.5) is 13.2 Å². The van der Waals surface area contributed by atoms with Gasteiger partial charge in [-0.1, -0.05) is 41.4 Å². The van der Waals surface area contributed by atoms with Gasteiger partial charge in [0.25, 0.3) is 0 Å². The van der Waals surface area contributed by atoms with E-state index in [0.29, 0.717) is 21.2 Å². The summed E-state index contributed by atoms with van der Waals surface area (Å²) in [5, 5.41) is 12.4. The van der Waals surface area contributed by atoms with Gasteiger partial charge in [0.2, 0.25) is 5.91 Å². The summed E-state index contributed by atoms with van der Waals surface area (Å²) >= 11 is 11.8. The summed E-state index contributed by atoms with van der Waals surface area (Å²) in [6.07, 6.45) is -4.84. The van der Waals surface area contributed by atoms with Gasteiger partial charge in [0.15, 0.2) is 0 Å². The molecule has 0 heterocycles. The van der Waals surface area contributed by atoms with E-state index >= 15 is 0 Å². The SMILES string of the molecule is O=C(O)CC(Cc1ccc(C(F)(F)F)cc1)NC(=O)Cc1ccc(Cl)cc1Cl. The van der Waals surface area contributed by atoms with Crippen LogP contribution in [0.3, 0.4) is 0 Å². The molecular weight excluding hydrogens is 418 g/mol. The fraction of sp³-hybridized carbons (Fsp3) is 0.263. The first-order valence-electron chi connectivity index (χ1n) is 8.16. The van der Waals surface area contributed by atoms with Crippen LogP contribution < -0.4 is 5.32 Å². The Bertz CT molecular complexity index is 854. The molecular formula is C19H16Cl2F3NO3. The van der Waals surface area contributed by atoms with Crippen molar-refractivity contribution in [2.24, 2.45) is 0 Å². The van der Waals surface area contributed by atoms with Crippen LogP contribution >= 0.6 is 23.2 Å². The van der Waals surface area contributed by atoms with E-state index < -0.39 is 29.7 Å². The van der Waals surface area contributed by atoms with Crippen LogP contribution in [0, 0.1) is 0 Å². The maximum Gasteiger partial charge on any atom is 0.416 e. The molecule has 1 unspecified atom stereocenters. The molecule has 1 atom stereocenters. The largest absolute Gasteiger partial charge is 0.481 e. The number of carbonyl (C=O) groups excluding carboxylic acids is 1. The Labute approximate surface area is 169 Å². The second-order valence-electron chi connectivity index (χ2n) is 6.17. The lowest BCUT2D eigenvalue weighted by molar-refractivity contribution is -0.138. The highest BCUT2D eigenvalue weighted by Gasteiger charge is 2.30. The number of rotatable bonds is 7. The summed E-state index contributed by atoms with van der Waals surface area (Å²) in [5.41, 5.74) is 0.198. The third-order valence-corrected chi connectivity index (χ3v) is 4.50. The topological polar surface area (TPSA) is 66.4 Å². The van der Waals surface area contributed by atoms with Crippen molar-refractivity contribution in [3.05, 3.63) is 69.2 Å². The number of nitrogens with one attached hydrogen (secondary N) is 1. The fourth-order valence-electron chi connectivity index (χ4n) is 2.62. The maximum absolute atomic E-state index is 12.6. The van der Waals surface area contributed by atoms with Crippen LogP contribution in [0.15, 0.2) is 42.5 Å². The van der Waals surface area contributed by atoms with E-state index in [1.165, 1.54) is 18.2 Å². The van der Waals surface area contributed by atoms with E-state index in [-0.39, 0.29) is 19.3 Å². The van der Waals surface area contributed by atoms with Gasteiger partial charge in [-0.3, -0.25) is 9.59 Å². The standard InChI is InChI=1S/C19H16Cl2F3NO3/c20-14-6-3-12(16(21)9-14)8-17(26)25-15(10-18(27)28)7-11-1-4-13(5-2-11)19(22,23)24/h1-6,9,15H,7-8,10H2,(H,25,26)(H,27,28). The van der Waals surface area contributed by atoms with Gasteiger partial charge in [-0.15, -0.1) is 0 Å². The molecule has 0 bridgehead atoms. The molecule has 1 amide bonds. The predicted molar refractivity (Wildman–Crippen MR) is 99.5 cm³/mol. The van der Waals surface area contributed by atoms with Gasteiger partial charge in [-0.25, -0.2) is 0 Å². The van der Waals surface area contributed by atoms with Crippen LogP contribution in [0.1, 0.15) is 23.1 Å². The second-order valence-corrected chi connectivity index (χ2v) is 7.02. The van der Waals surface area contributed by atoms with Gasteiger partial charge >= 0.3 is 12.1 Å². The lowest BCUT2D eigenvalue weighted by atomic mass is 10.0. The number of carboxylic acids is 1. The molecule has 0 radical (unpaired) electrons. The first-order valence-corrected chi connectivity index (χ1v) is 8.91. The van der Waals surface area contributed by atoms with Crippen molar-refractivity contribution < 1.29 is 27.9 Å². The minimum Gasteiger partial charge on any atom is -0.481 e. The number of carboxylic acid groups (broad SMARTS) is 1. The molecule has 0 fully saturated rings. The van der Waals surface area contributed by atoms with E-state index in [1.807, 2.05) is 0 Å². The minimum absolute atomic E-state index is 0.0739. The number of hydrogen-bond donors (Lipinski definition) is 2. The van der Waals surface area contributed by atoms with Crippen molar-refractivity contribution >= 4 is 35.1 Å². The van der Waals surface area contributed by atoms with Crippen LogP contribution in [-0.4, -0.2) is 23.0 Å². The van der Waals surface area contributed by atoms with Crippen molar-refractivity contribution in [3.8, 4) is 0 Å². The van der Waals surface area contributed by atoms with Gasteiger partial charge in [0.05, 0.1) is 18.4 Å². The molecule has 0 aliphatic carbocycles. The molecule has 2 aromatic rings. The zero-order valence-electron chi connectivity index (χ0n) is 14.4. The molecule has 2 rings (SSSR count). The Kier molecular flexibility index (Phi) is 7.32. The third-order valence-electron chi connectivity index (χ3n) is 3.92. The van der Waals surface area contributed by atoms with Gasteiger partial charge in [0.1, 0.15) is 0 Å². The van der Waals surface area contributed by atoms with Gasteiger partial charge in [0, 0.05) is 16.1 Å². The predicted octanol–water partition coefficient (Wildman–Crippen LogP) is 4.76. The third kappa shape index (κ3) is 6.73. The van der Waals surface area contributed by atoms with E-state index in [1.54, 1.807) is 12.1 Å². The van der Waals surface area contributed by atoms with Crippen molar-refractivity contribution in [3.63, 3.8) is 0 Å². The molecule has 0 spiro atoms. The minimum atomic E-state index is -4.45. The average molecular weight is 434 g/mol. The highest BCUT2D eigenvalue weighted by atomic mass is 35.5. The van der Waals surface area contributed by atoms with E-state index in [2.05, 4.69) is 5.32 Å². The van der Waals surface area contributed by atoms with E-state index in [9.17, 15) is 22.8 Å². The molecule has 0 aliphatic rings. The molecule has 4 nitrogen and oxygen atoms in total. The fourth-order valence-corrected chi connectivity index (χ4v) is 3.09. The van der Waals surface area contributed by atoms with E-state index in [0.717, 1.165) is 12.1 Å². The molecule has 0 aliphatic heterocycles. The molecule has 0 aromatic heterocycles. The summed E-state index contributed by atoms with van der Waals surface area (Å²) in [7, 11) is 0. The summed E-state index contributed by atoms with van der Waals surface area (Å²) in [6, 6.07) is 8.24. The normalized spacial score (nSPS) is 12.5. The first-order chi connectivity index (χ1) is 13.0. The lowest BCUT2D eigenvalue weighted by Gasteiger charge is -2.18. The van der Waals surface area contributed by atoms with Crippen LogP contribution in [0.5, 0.6) is 0 Å². The highest BCUT2D eigenvalue weighted by Crippen LogP contribution is 2.29. The molecule has 0 saturated heterocycles. The zero-order chi connectivity index (χ0) is 20.9. The summed E-state index contributed by atoms with van der Waals surface area (Å²) in [5.74, 6) is -1.59. The molecule has 28 heavy (non-hydrogen) atoms. The number of amides is 1. The summed E-state index contributed by atoms with van der Waals surface area (Å²) in [6.45, 7) is 0. The lowest BCUT2D eigenvalue weighted by Crippen LogP contribution is -2.39. The Hall–Kier alpha value is -2.25. The van der Waals surface area contributed by atoms with Crippen molar-refractivity contribution in [1.82, 2.24) is 5.32 Å². The molecule has 2 N–H and O–H groups in total. The number of carbonyl (C=O) groups is 2. The smallest absolute Gasteiger partial charge is 0.416 e. The number of alkyl halides is 3. The molecule has 2 aromatic carbocycles. The summed E-state index contributed by atoms with van der Waals surface area (Å²) in [4.78, 5) is 23.4. The van der Waals surface area contributed by atoms with Crippen molar-refractivity contribution in [2.45, 2.75) is 31.5 Å². The Balaban J connectivity index is 2.06. The molecule has 9 heteroatoms. The van der Waals surface area contributed by atoms with Crippen molar-refractivity contribution in [2.75, 3.05) is 0 Å². The van der Waals surface area contributed by atoms with Crippen molar-refractivity contribution in [1.29, 1.82) is 0 Å². The second kappa shape index (κ2) is 9.30. The molecule has 0 saturated carbocycles.